The number of alkyl halides is 3. The summed E-state index contributed by atoms with van der Waals surface area (Å²) in [4.78, 5) is 22.5. The first-order chi connectivity index (χ1) is 15.1. The zero-order valence-electron chi connectivity index (χ0n) is 18.4. The molecule has 0 unspecified atom stereocenters. The molecule has 2 heterocycles. The number of likely N-dealkylation sites (tertiary alicyclic amines) is 1. The molecule has 1 fully saturated rings. The van der Waals surface area contributed by atoms with Crippen LogP contribution in [0, 0.1) is 0 Å². The Hall–Kier alpha value is -2.49. The Labute approximate surface area is 189 Å². The lowest BCUT2D eigenvalue weighted by Gasteiger charge is -2.39. The minimum Gasteiger partial charge on any atom is -0.493 e. The van der Waals surface area contributed by atoms with Crippen LogP contribution < -0.4 is 9.47 Å². The van der Waals surface area contributed by atoms with Crippen LogP contribution in [0.2, 0.25) is 0 Å². The molecule has 1 aromatic carbocycles. The van der Waals surface area contributed by atoms with E-state index in [4.69, 9.17) is 9.47 Å². The monoisotopic (exact) mass is 469 g/mol. The Morgan fingerprint density at radius 3 is 2.34 bits per heavy atom. The molecule has 2 aromatic rings. The van der Waals surface area contributed by atoms with Gasteiger partial charge in [-0.1, -0.05) is 11.8 Å². The van der Waals surface area contributed by atoms with Crippen molar-refractivity contribution in [3.63, 3.8) is 0 Å². The van der Waals surface area contributed by atoms with E-state index >= 15 is 0 Å². The number of methoxy groups -OCH3 is 2. The highest BCUT2D eigenvalue weighted by Crippen LogP contribution is 2.35. The number of aromatic nitrogens is 2. The van der Waals surface area contributed by atoms with E-state index in [1.807, 2.05) is 18.7 Å². The molecule has 0 aliphatic carbocycles. The van der Waals surface area contributed by atoms with E-state index in [0.717, 1.165) is 37.1 Å². The lowest BCUT2D eigenvalue weighted by Crippen LogP contribution is -2.48. The Balaban J connectivity index is 1.89. The van der Waals surface area contributed by atoms with Gasteiger partial charge in [0.05, 0.1) is 25.7 Å². The standard InChI is InChI=1S/C22H26F3N3O3S/c1-13-6-5-7-14(2)28(13)20(29)12-32-21-26-16(11-19(27-21)22(23,24)25)15-8-9-17(30-3)18(10-15)31-4/h8-11,13-14H,5-7,12H2,1-4H3/t13-,14-/m1/s1. The van der Waals surface area contributed by atoms with Crippen LogP contribution in [-0.4, -0.2) is 52.8 Å². The molecule has 0 radical (unpaired) electrons. The zero-order chi connectivity index (χ0) is 23.5. The quantitative estimate of drug-likeness (QED) is 0.435. The van der Waals surface area contributed by atoms with Crippen molar-refractivity contribution in [2.24, 2.45) is 0 Å². The topological polar surface area (TPSA) is 64.5 Å². The molecule has 1 aliphatic rings. The molecule has 3 rings (SSSR count). The number of carbonyl (C=O) groups is 1. The molecule has 0 N–H and O–H groups in total. The summed E-state index contributed by atoms with van der Waals surface area (Å²) in [5.74, 6) is 0.672. The molecule has 1 aromatic heterocycles. The van der Waals surface area contributed by atoms with Gasteiger partial charge in [0.25, 0.3) is 0 Å². The van der Waals surface area contributed by atoms with Crippen LogP contribution in [-0.2, 0) is 11.0 Å². The van der Waals surface area contributed by atoms with Crippen molar-refractivity contribution in [1.82, 2.24) is 14.9 Å². The number of benzene rings is 1. The summed E-state index contributed by atoms with van der Waals surface area (Å²) in [6, 6.07) is 5.85. The maximum absolute atomic E-state index is 13.5. The SMILES string of the molecule is COc1ccc(-c2cc(C(F)(F)F)nc(SCC(=O)N3[C@H](C)CCC[C@H]3C)n2)cc1OC. The summed E-state index contributed by atoms with van der Waals surface area (Å²) in [7, 11) is 2.91. The van der Waals surface area contributed by atoms with Crippen LogP contribution in [0.4, 0.5) is 13.2 Å². The lowest BCUT2D eigenvalue weighted by molar-refractivity contribution is -0.141. The van der Waals surface area contributed by atoms with Gasteiger partial charge >= 0.3 is 6.18 Å². The van der Waals surface area contributed by atoms with Crippen LogP contribution in [0.25, 0.3) is 11.3 Å². The summed E-state index contributed by atoms with van der Waals surface area (Å²) < 4.78 is 50.9. The van der Waals surface area contributed by atoms with E-state index in [-0.39, 0.29) is 34.6 Å². The van der Waals surface area contributed by atoms with E-state index in [1.54, 1.807) is 18.2 Å². The van der Waals surface area contributed by atoms with Crippen molar-refractivity contribution >= 4 is 17.7 Å². The van der Waals surface area contributed by atoms with E-state index in [0.29, 0.717) is 17.1 Å². The molecule has 1 saturated heterocycles. The van der Waals surface area contributed by atoms with Gasteiger partial charge in [-0.3, -0.25) is 4.79 Å². The number of hydrogen-bond acceptors (Lipinski definition) is 6. The number of hydrogen-bond donors (Lipinski definition) is 0. The Morgan fingerprint density at radius 2 is 1.75 bits per heavy atom. The highest BCUT2D eigenvalue weighted by Gasteiger charge is 2.34. The highest BCUT2D eigenvalue weighted by atomic mass is 32.2. The third kappa shape index (κ3) is 5.46. The van der Waals surface area contributed by atoms with Gasteiger partial charge in [-0.25, -0.2) is 9.97 Å². The number of rotatable bonds is 6. The third-order valence-corrected chi connectivity index (χ3v) is 6.31. The maximum Gasteiger partial charge on any atom is 0.433 e. The average Bonchev–Trinajstić information content (AvgIpc) is 2.76. The lowest BCUT2D eigenvalue weighted by atomic mass is 9.98. The molecule has 174 valence electrons. The molecule has 1 amide bonds. The Morgan fingerprint density at radius 1 is 1.09 bits per heavy atom. The number of thioether (sulfide) groups is 1. The third-order valence-electron chi connectivity index (χ3n) is 5.48. The van der Waals surface area contributed by atoms with Crippen LogP contribution in [0.1, 0.15) is 38.8 Å². The number of nitrogens with zero attached hydrogens (tertiary/aromatic N) is 3. The van der Waals surface area contributed by atoms with Gasteiger partial charge in [0, 0.05) is 17.6 Å². The van der Waals surface area contributed by atoms with Gasteiger partial charge in [0.15, 0.2) is 16.7 Å². The van der Waals surface area contributed by atoms with E-state index in [2.05, 4.69) is 9.97 Å². The van der Waals surface area contributed by atoms with Gasteiger partial charge in [0.2, 0.25) is 5.91 Å². The second-order valence-corrected chi connectivity index (χ2v) is 8.65. The molecule has 10 heteroatoms. The first kappa shape index (κ1) is 24.2. The van der Waals surface area contributed by atoms with Gasteiger partial charge in [0.1, 0.15) is 5.69 Å². The van der Waals surface area contributed by atoms with Gasteiger partial charge in [-0.05, 0) is 57.4 Å². The first-order valence-electron chi connectivity index (χ1n) is 10.3. The number of amides is 1. The molecule has 32 heavy (non-hydrogen) atoms. The number of ether oxygens (including phenoxy) is 2. The molecular formula is C22H26F3N3O3S. The molecule has 2 atom stereocenters. The molecule has 6 nitrogen and oxygen atoms in total. The second-order valence-electron chi connectivity index (χ2n) is 7.71. The van der Waals surface area contributed by atoms with Crippen LogP contribution in [0.5, 0.6) is 11.5 Å². The molecule has 1 aliphatic heterocycles. The van der Waals surface area contributed by atoms with E-state index in [1.165, 1.54) is 14.2 Å². The average molecular weight is 470 g/mol. The minimum absolute atomic E-state index is 0.0264. The summed E-state index contributed by atoms with van der Waals surface area (Å²) in [6.45, 7) is 3.99. The van der Waals surface area contributed by atoms with Crippen LogP contribution in [0.3, 0.4) is 0 Å². The van der Waals surface area contributed by atoms with Crippen molar-refractivity contribution in [3.05, 3.63) is 30.0 Å². The predicted molar refractivity (Wildman–Crippen MR) is 116 cm³/mol. The van der Waals surface area contributed by atoms with Gasteiger partial charge in [-0.2, -0.15) is 13.2 Å². The van der Waals surface area contributed by atoms with E-state index < -0.39 is 11.9 Å². The van der Waals surface area contributed by atoms with E-state index in [9.17, 15) is 18.0 Å². The molecule has 0 spiro atoms. The van der Waals surface area contributed by atoms with Crippen molar-refractivity contribution < 1.29 is 27.4 Å². The summed E-state index contributed by atoms with van der Waals surface area (Å²) >= 11 is 0.914. The molecule has 0 bridgehead atoms. The second kappa shape index (κ2) is 9.97. The van der Waals surface area contributed by atoms with Gasteiger partial charge in [-0.15, -0.1) is 0 Å². The summed E-state index contributed by atoms with van der Waals surface area (Å²) in [5, 5.41) is -0.102. The van der Waals surface area contributed by atoms with Crippen molar-refractivity contribution in [2.45, 2.75) is 56.5 Å². The molecule has 0 saturated carbocycles. The van der Waals surface area contributed by atoms with Crippen molar-refractivity contribution in [2.75, 3.05) is 20.0 Å². The predicted octanol–water partition coefficient (Wildman–Crippen LogP) is 5.06. The molecular weight excluding hydrogens is 443 g/mol. The largest absolute Gasteiger partial charge is 0.493 e. The highest BCUT2D eigenvalue weighted by molar-refractivity contribution is 7.99. The van der Waals surface area contributed by atoms with Crippen LogP contribution >= 0.6 is 11.8 Å². The first-order valence-corrected chi connectivity index (χ1v) is 11.2. The normalized spacial score (nSPS) is 19.0. The maximum atomic E-state index is 13.5. The van der Waals surface area contributed by atoms with Gasteiger partial charge < -0.3 is 14.4 Å². The number of halogens is 3. The number of piperidine rings is 1. The fourth-order valence-corrected chi connectivity index (χ4v) is 4.62. The van der Waals surface area contributed by atoms with Crippen molar-refractivity contribution in [1.29, 1.82) is 0 Å². The minimum atomic E-state index is -4.65. The number of carbonyl (C=O) groups excluding carboxylic acids is 1. The van der Waals surface area contributed by atoms with Crippen LogP contribution in [0.15, 0.2) is 29.4 Å². The fraction of sp³-hybridized carbons (Fsp3) is 0.500. The smallest absolute Gasteiger partial charge is 0.433 e. The summed E-state index contributed by atoms with van der Waals surface area (Å²) in [5.41, 5.74) is -0.558. The summed E-state index contributed by atoms with van der Waals surface area (Å²) in [6.07, 6.45) is -1.75. The zero-order valence-corrected chi connectivity index (χ0v) is 19.2. The Bertz CT molecular complexity index is 961. The fourth-order valence-electron chi connectivity index (χ4n) is 3.89. The van der Waals surface area contributed by atoms with Crippen molar-refractivity contribution in [3.8, 4) is 22.8 Å². The Kier molecular flexibility index (Phi) is 7.53.